The lowest BCUT2D eigenvalue weighted by Crippen LogP contribution is -2.46. The summed E-state index contributed by atoms with van der Waals surface area (Å²) in [6.45, 7) is 7.08. The van der Waals surface area contributed by atoms with Crippen LogP contribution in [0.1, 0.15) is 13.8 Å². The first-order valence-corrected chi connectivity index (χ1v) is 4.81. The Balaban J connectivity index is 1.87. The van der Waals surface area contributed by atoms with Crippen LogP contribution in [0.2, 0.25) is 0 Å². The van der Waals surface area contributed by atoms with E-state index in [4.69, 9.17) is 14.2 Å². The summed E-state index contributed by atoms with van der Waals surface area (Å²) in [7, 11) is 0. The quantitative estimate of drug-likeness (QED) is 0.633. The summed E-state index contributed by atoms with van der Waals surface area (Å²) in [6.07, 6.45) is 0.235. The van der Waals surface area contributed by atoms with E-state index in [-0.39, 0.29) is 12.2 Å². The molecule has 2 saturated heterocycles. The molecule has 2 rings (SSSR count). The fourth-order valence-electron chi connectivity index (χ4n) is 1.72. The lowest BCUT2D eigenvalue weighted by Gasteiger charge is -2.28. The Morgan fingerprint density at radius 2 is 2.15 bits per heavy atom. The Hall–Kier alpha value is -0.160. The van der Waals surface area contributed by atoms with Crippen LogP contribution >= 0.6 is 0 Å². The predicted molar refractivity (Wildman–Crippen MR) is 47.5 cm³/mol. The molecule has 2 aliphatic rings. The zero-order chi connectivity index (χ0) is 9.31. The average Bonchev–Trinajstić information content (AvgIpc) is 2.48. The molecule has 0 aliphatic carbocycles. The molecule has 2 fully saturated rings. The van der Waals surface area contributed by atoms with Gasteiger partial charge in [-0.05, 0) is 13.8 Å². The summed E-state index contributed by atoms with van der Waals surface area (Å²) in [5, 5.41) is 3.28. The molecule has 0 saturated carbocycles. The summed E-state index contributed by atoms with van der Waals surface area (Å²) in [6, 6.07) is 0. The van der Waals surface area contributed by atoms with Crippen LogP contribution < -0.4 is 5.32 Å². The number of hydrogen-bond donors (Lipinski definition) is 1. The van der Waals surface area contributed by atoms with Gasteiger partial charge in [-0.1, -0.05) is 0 Å². The Kier molecular flexibility index (Phi) is 2.55. The van der Waals surface area contributed by atoms with E-state index in [9.17, 15) is 0 Å². The van der Waals surface area contributed by atoms with Gasteiger partial charge < -0.3 is 19.5 Å². The topological polar surface area (TPSA) is 39.7 Å². The van der Waals surface area contributed by atoms with Crippen LogP contribution in [0, 0.1) is 0 Å². The van der Waals surface area contributed by atoms with Crippen molar-refractivity contribution < 1.29 is 14.2 Å². The lowest BCUT2D eigenvalue weighted by atomic mass is 10.2. The highest BCUT2D eigenvalue weighted by Gasteiger charge is 2.38. The molecule has 1 N–H and O–H groups in total. The maximum atomic E-state index is 5.70. The van der Waals surface area contributed by atoms with Crippen molar-refractivity contribution >= 4 is 0 Å². The van der Waals surface area contributed by atoms with E-state index in [1.54, 1.807) is 0 Å². The molecule has 0 bridgehead atoms. The van der Waals surface area contributed by atoms with Crippen molar-refractivity contribution in [1.29, 1.82) is 0 Å². The first kappa shape index (κ1) is 9.40. The van der Waals surface area contributed by atoms with E-state index in [0.29, 0.717) is 6.61 Å². The molecule has 4 heteroatoms. The van der Waals surface area contributed by atoms with Crippen LogP contribution in [-0.4, -0.2) is 44.3 Å². The molecule has 0 unspecified atom stereocenters. The molecule has 13 heavy (non-hydrogen) atoms. The van der Waals surface area contributed by atoms with Gasteiger partial charge in [-0.3, -0.25) is 0 Å². The summed E-state index contributed by atoms with van der Waals surface area (Å²) in [5.41, 5.74) is 0. The molecule has 4 nitrogen and oxygen atoms in total. The minimum Gasteiger partial charge on any atom is -0.373 e. The molecule has 2 heterocycles. The van der Waals surface area contributed by atoms with Crippen LogP contribution in [-0.2, 0) is 14.2 Å². The third-order valence-electron chi connectivity index (χ3n) is 2.40. The second-order valence-electron chi connectivity index (χ2n) is 3.98. The van der Waals surface area contributed by atoms with E-state index in [2.05, 4.69) is 5.32 Å². The summed E-state index contributed by atoms with van der Waals surface area (Å²) >= 11 is 0. The smallest absolute Gasteiger partial charge is 0.163 e. The number of nitrogens with one attached hydrogen (secondary N) is 1. The zero-order valence-corrected chi connectivity index (χ0v) is 8.21. The highest BCUT2D eigenvalue weighted by molar-refractivity contribution is 4.81. The van der Waals surface area contributed by atoms with Crippen LogP contribution in [0.4, 0.5) is 0 Å². The van der Waals surface area contributed by atoms with Gasteiger partial charge in [0.2, 0.25) is 0 Å². The van der Waals surface area contributed by atoms with Gasteiger partial charge in [0.15, 0.2) is 5.79 Å². The third kappa shape index (κ3) is 2.20. The molecule has 2 atom stereocenters. The molecule has 0 aromatic carbocycles. The highest BCUT2D eigenvalue weighted by atomic mass is 16.7. The molecule has 0 aromatic rings. The van der Waals surface area contributed by atoms with Crippen molar-refractivity contribution in [2.75, 3.05) is 26.3 Å². The van der Waals surface area contributed by atoms with Gasteiger partial charge in [0.25, 0.3) is 0 Å². The monoisotopic (exact) mass is 187 g/mol. The predicted octanol–water partition coefficient (Wildman–Crippen LogP) is 0.126. The summed E-state index contributed by atoms with van der Waals surface area (Å²) < 4.78 is 16.8. The molecule has 0 spiro atoms. The summed E-state index contributed by atoms with van der Waals surface area (Å²) in [5.74, 6) is -0.439. The maximum absolute atomic E-state index is 5.70. The summed E-state index contributed by atoms with van der Waals surface area (Å²) in [4.78, 5) is 0. The van der Waals surface area contributed by atoms with Gasteiger partial charge in [0.05, 0.1) is 19.3 Å². The molecular formula is C9H17NO3. The Labute approximate surface area is 78.5 Å². The van der Waals surface area contributed by atoms with Gasteiger partial charge in [0.1, 0.15) is 6.10 Å². The fourth-order valence-corrected chi connectivity index (χ4v) is 1.72. The van der Waals surface area contributed by atoms with Crippen LogP contribution in [0.3, 0.4) is 0 Å². The number of hydrogen-bond acceptors (Lipinski definition) is 4. The van der Waals surface area contributed by atoms with Gasteiger partial charge in [-0.25, -0.2) is 0 Å². The van der Waals surface area contributed by atoms with Crippen LogP contribution in [0.15, 0.2) is 0 Å². The van der Waals surface area contributed by atoms with Crippen molar-refractivity contribution in [3.05, 3.63) is 0 Å². The first-order valence-electron chi connectivity index (χ1n) is 4.81. The zero-order valence-electron chi connectivity index (χ0n) is 8.21. The van der Waals surface area contributed by atoms with E-state index in [1.165, 1.54) is 0 Å². The van der Waals surface area contributed by atoms with Crippen molar-refractivity contribution in [2.24, 2.45) is 0 Å². The number of ether oxygens (including phenoxy) is 3. The van der Waals surface area contributed by atoms with Gasteiger partial charge >= 0.3 is 0 Å². The van der Waals surface area contributed by atoms with Gasteiger partial charge in [-0.2, -0.15) is 0 Å². The van der Waals surface area contributed by atoms with E-state index >= 15 is 0 Å². The second-order valence-corrected chi connectivity index (χ2v) is 3.98. The molecular weight excluding hydrogens is 170 g/mol. The first-order chi connectivity index (χ1) is 6.17. The minimum absolute atomic E-state index is 0.0859. The largest absolute Gasteiger partial charge is 0.373 e. The van der Waals surface area contributed by atoms with Crippen LogP contribution in [0.5, 0.6) is 0 Å². The normalized spacial score (nSPS) is 39.2. The number of rotatable bonds is 1. The average molecular weight is 187 g/mol. The Bertz CT molecular complexity index is 178. The standard InChI is InChI=1S/C9H17NO3/c1-9(2)12-6-8(13-9)7-5-10-3-4-11-7/h7-8,10H,3-6H2,1-2H3/t7-,8-/m1/s1. The lowest BCUT2D eigenvalue weighted by molar-refractivity contribution is -0.158. The van der Waals surface area contributed by atoms with Crippen molar-refractivity contribution in [3.8, 4) is 0 Å². The third-order valence-corrected chi connectivity index (χ3v) is 2.40. The van der Waals surface area contributed by atoms with Crippen LogP contribution in [0.25, 0.3) is 0 Å². The van der Waals surface area contributed by atoms with E-state index in [0.717, 1.165) is 19.7 Å². The SMILES string of the molecule is CC1(C)OC[C@H]([C@H]2CNCCO2)O1. The minimum atomic E-state index is -0.439. The number of morpholine rings is 1. The van der Waals surface area contributed by atoms with Gasteiger partial charge in [-0.15, -0.1) is 0 Å². The van der Waals surface area contributed by atoms with E-state index in [1.807, 2.05) is 13.8 Å². The molecule has 0 aromatic heterocycles. The molecule has 0 radical (unpaired) electrons. The second kappa shape index (κ2) is 3.53. The highest BCUT2D eigenvalue weighted by Crippen LogP contribution is 2.25. The van der Waals surface area contributed by atoms with E-state index < -0.39 is 5.79 Å². The van der Waals surface area contributed by atoms with Gasteiger partial charge in [0, 0.05) is 13.1 Å². The van der Waals surface area contributed by atoms with Crippen molar-refractivity contribution in [2.45, 2.75) is 31.8 Å². The maximum Gasteiger partial charge on any atom is 0.163 e. The van der Waals surface area contributed by atoms with Crippen molar-refractivity contribution in [3.63, 3.8) is 0 Å². The van der Waals surface area contributed by atoms with Crippen molar-refractivity contribution in [1.82, 2.24) is 5.32 Å². The Morgan fingerprint density at radius 3 is 2.69 bits per heavy atom. The molecule has 0 amide bonds. The Morgan fingerprint density at radius 1 is 1.31 bits per heavy atom. The molecule has 2 aliphatic heterocycles. The molecule has 76 valence electrons. The fraction of sp³-hybridized carbons (Fsp3) is 1.00.